The number of anilines is 2. The summed E-state index contributed by atoms with van der Waals surface area (Å²) < 4.78 is 90.8. The number of benzene rings is 2. The zero-order chi connectivity index (χ0) is 28.1. The van der Waals surface area contributed by atoms with Crippen molar-refractivity contribution < 1.29 is 30.7 Å². The lowest BCUT2D eigenvalue weighted by Gasteiger charge is -2.26. The minimum absolute atomic E-state index is 0.0665. The molecule has 0 atom stereocenters. The monoisotopic (exact) mass is 531 g/mol. The molecule has 1 heterocycles. The highest BCUT2D eigenvalue weighted by Crippen LogP contribution is 2.56. The lowest BCUT2D eigenvalue weighted by atomic mass is 10.1. The standard InChI is InChI=1S/C18H15F4N5.C5H7F3.C2H6/c1-10-5-11(19)7-12(6-10)26(8-15(21)22)17-16-13(20)3-2-4-14(16)27(9-23)18(24)25-17;1-4(2-3-4)5(6,7)8;1-2/h2-7,9,15,23-24H,8H2,1H3;2-3H2,1H3;1-2H3. The van der Waals surface area contributed by atoms with E-state index in [-0.39, 0.29) is 22.4 Å². The van der Waals surface area contributed by atoms with E-state index < -0.39 is 41.8 Å². The molecule has 3 aromatic rings. The molecule has 1 aliphatic carbocycles. The van der Waals surface area contributed by atoms with Gasteiger partial charge in [-0.1, -0.05) is 26.8 Å². The number of nitrogens with one attached hydrogen (secondary N) is 2. The average molecular weight is 532 g/mol. The van der Waals surface area contributed by atoms with Gasteiger partial charge in [0.1, 0.15) is 17.5 Å². The lowest BCUT2D eigenvalue weighted by molar-refractivity contribution is -0.181. The zero-order valence-electron chi connectivity index (χ0n) is 20.7. The van der Waals surface area contributed by atoms with Crippen molar-refractivity contribution >= 4 is 28.7 Å². The summed E-state index contributed by atoms with van der Waals surface area (Å²) in [5.74, 6) is -1.62. The average Bonchev–Trinajstić information content (AvgIpc) is 3.57. The fourth-order valence-corrected chi connectivity index (χ4v) is 3.38. The van der Waals surface area contributed by atoms with Gasteiger partial charge in [-0.3, -0.25) is 15.4 Å². The topological polar surface area (TPSA) is 68.8 Å². The van der Waals surface area contributed by atoms with Gasteiger partial charge in [-0.25, -0.2) is 17.6 Å². The third-order valence-corrected chi connectivity index (χ3v) is 5.64. The molecule has 5 nitrogen and oxygen atoms in total. The predicted molar refractivity (Wildman–Crippen MR) is 129 cm³/mol. The van der Waals surface area contributed by atoms with Crippen LogP contribution in [0.4, 0.5) is 42.2 Å². The van der Waals surface area contributed by atoms with Crippen LogP contribution in [0.5, 0.6) is 0 Å². The van der Waals surface area contributed by atoms with Gasteiger partial charge in [-0.05, 0) is 55.7 Å². The summed E-state index contributed by atoms with van der Waals surface area (Å²) in [6, 6.07) is 7.71. The van der Waals surface area contributed by atoms with Gasteiger partial charge >= 0.3 is 6.18 Å². The predicted octanol–water partition coefficient (Wildman–Crippen LogP) is 7.34. The number of halogens is 7. The van der Waals surface area contributed by atoms with Crippen molar-refractivity contribution in [3.8, 4) is 0 Å². The number of nitrogens with zero attached hydrogens (tertiary/aromatic N) is 3. The molecule has 0 bridgehead atoms. The fourth-order valence-electron chi connectivity index (χ4n) is 3.38. The Labute approximate surface area is 209 Å². The third kappa shape index (κ3) is 6.86. The number of rotatable bonds is 5. The Hall–Kier alpha value is -3.44. The van der Waals surface area contributed by atoms with Crippen molar-refractivity contribution in [2.45, 2.75) is 53.1 Å². The maximum Gasteiger partial charge on any atom is 0.394 e. The van der Waals surface area contributed by atoms with E-state index in [1.54, 1.807) is 6.92 Å². The maximum absolute atomic E-state index is 14.6. The van der Waals surface area contributed by atoms with Gasteiger partial charge < -0.3 is 4.90 Å². The van der Waals surface area contributed by atoms with Crippen molar-refractivity contribution in [2.24, 2.45) is 5.41 Å². The van der Waals surface area contributed by atoms with Crippen molar-refractivity contribution in [1.29, 1.82) is 10.8 Å². The first-order valence-corrected chi connectivity index (χ1v) is 11.4. The van der Waals surface area contributed by atoms with Crippen LogP contribution >= 0.6 is 0 Å². The largest absolute Gasteiger partial charge is 0.394 e. The van der Waals surface area contributed by atoms with Gasteiger partial charge in [0.2, 0.25) is 5.62 Å². The molecule has 0 saturated heterocycles. The Morgan fingerprint density at radius 1 is 1.14 bits per heavy atom. The SMILES string of the molecule is CC.CC1(C(F)(F)F)CC1.Cc1cc(F)cc(N(CC(F)F)c2nc(=N)n(C=N)c3cccc(F)c23)c1. The van der Waals surface area contributed by atoms with Crippen LogP contribution in [-0.2, 0) is 0 Å². The van der Waals surface area contributed by atoms with Crippen molar-refractivity contribution in [3.63, 3.8) is 0 Å². The molecule has 1 aliphatic rings. The molecule has 0 amide bonds. The number of hydrogen-bond donors (Lipinski definition) is 2. The van der Waals surface area contributed by atoms with Gasteiger partial charge in [-0.2, -0.15) is 18.2 Å². The molecule has 0 aliphatic heterocycles. The van der Waals surface area contributed by atoms with Crippen LogP contribution in [0, 0.1) is 34.8 Å². The highest BCUT2D eigenvalue weighted by Gasteiger charge is 2.59. The van der Waals surface area contributed by atoms with Crippen LogP contribution < -0.4 is 10.5 Å². The van der Waals surface area contributed by atoms with Gasteiger partial charge in [-0.15, -0.1) is 0 Å². The van der Waals surface area contributed by atoms with Crippen LogP contribution in [0.15, 0.2) is 36.4 Å². The van der Waals surface area contributed by atoms with E-state index in [0.717, 1.165) is 27.9 Å². The van der Waals surface area contributed by atoms with Gasteiger partial charge in [0.05, 0.1) is 29.2 Å². The molecule has 0 radical (unpaired) electrons. The molecule has 2 aromatic carbocycles. The van der Waals surface area contributed by atoms with Crippen LogP contribution in [0.3, 0.4) is 0 Å². The summed E-state index contributed by atoms with van der Waals surface area (Å²) in [5, 5.41) is 15.3. The van der Waals surface area contributed by atoms with E-state index in [2.05, 4.69) is 4.98 Å². The molecule has 12 heteroatoms. The van der Waals surface area contributed by atoms with Crippen LogP contribution in [0.1, 0.15) is 39.2 Å². The van der Waals surface area contributed by atoms with E-state index in [0.29, 0.717) is 18.4 Å². The highest BCUT2D eigenvalue weighted by molar-refractivity contribution is 5.94. The van der Waals surface area contributed by atoms with Crippen molar-refractivity contribution in [2.75, 3.05) is 11.4 Å². The van der Waals surface area contributed by atoms with Gasteiger partial charge in [0, 0.05) is 5.69 Å². The van der Waals surface area contributed by atoms with E-state index in [1.807, 2.05) is 13.8 Å². The minimum Gasteiger partial charge on any atom is -0.320 e. The summed E-state index contributed by atoms with van der Waals surface area (Å²) in [5.41, 5.74) is -1.08. The van der Waals surface area contributed by atoms with Crippen LogP contribution in [-0.4, -0.2) is 35.0 Å². The number of aromatic nitrogens is 2. The second kappa shape index (κ2) is 11.7. The van der Waals surface area contributed by atoms with Crippen LogP contribution in [0.2, 0.25) is 0 Å². The number of fused-ring (bicyclic) bond motifs is 1. The number of aryl methyl sites for hydroxylation is 1. The number of hydrogen-bond acceptors (Lipinski definition) is 4. The van der Waals surface area contributed by atoms with E-state index in [9.17, 15) is 30.7 Å². The first-order chi connectivity index (χ1) is 17.3. The lowest BCUT2D eigenvalue weighted by Crippen LogP contribution is -2.31. The Morgan fingerprint density at radius 3 is 2.22 bits per heavy atom. The number of alkyl halides is 5. The Morgan fingerprint density at radius 2 is 1.76 bits per heavy atom. The summed E-state index contributed by atoms with van der Waals surface area (Å²) in [6.45, 7) is 5.99. The first kappa shape index (κ1) is 29.8. The molecular formula is C25H28F7N5. The van der Waals surface area contributed by atoms with Gasteiger partial charge in [0.15, 0.2) is 0 Å². The van der Waals surface area contributed by atoms with E-state index in [1.165, 1.54) is 31.2 Å². The van der Waals surface area contributed by atoms with E-state index in [4.69, 9.17) is 10.8 Å². The Kier molecular flexibility index (Phi) is 9.45. The molecule has 1 fully saturated rings. The summed E-state index contributed by atoms with van der Waals surface area (Å²) in [7, 11) is 0. The van der Waals surface area contributed by atoms with Crippen molar-refractivity contribution in [1.82, 2.24) is 9.55 Å². The summed E-state index contributed by atoms with van der Waals surface area (Å²) >= 11 is 0. The first-order valence-electron chi connectivity index (χ1n) is 11.4. The molecular weight excluding hydrogens is 503 g/mol. The normalized spacial score (nSPS) is 13.8. The molecule has 4 rings (SSSR count). The summed E-state index contributed by atoms with van der Waals surface area (Å²) in [6.07, 6.45) is -5.36. The zero-order valence-corrected chi connectivity index (χ0v) is 20.7. The maximum atomic E-state index is 14.6. The second-order valence-electron chi connectivity index (χ2n) is 8.44. The van der Waals surface area contributed by atoms with Crippen LogP contribution in [0.25, 0.3) is 10.9 Å². The van der Waals surface area contributed by atoms with Crippen molar-refractivity contribution in [3.05, 3.63) is 59.2 Å². The molecule has 2 N–H and O–H groups in total. The molecule has 202 valence electrons. The Balaban J connectivity index is 0.000000406. The molecule has 37 heavy (non-hydrogen) atoms. The van der Waals surface area contributed by atoms with Gasteiger partial charge in [0.25, 0.3) is 6.43 Å². The molecule has 0 spiro atoms. The molecule has 1 aromatic heterocycles. The molecule has 1 saturated carbocycles. The minimum atomic E-state index is -3.95. The quantitative estimate of drug-likeness (QED) is 0.206. The third-order valence-electron chi connectivity index (χ3n) is 5.64. The van der Waals surface area contributed by atoms with E-state index >= 15 is 0 Å². The Bertz CT molecular complexity index is 1270. The molecule has 0 unspecified atom stereocenters. The second-order valence-corrected chi connectivity index (χ2v) is 8.44. The smallest absolute Gasteiger partial charge is 0.320 e. The highest BCUT2D eigenvalue weighted by atomic mass is 19.4. The fraction of sp³-hybridized carbons (Fsp3) is 0.400. The summed E-state index contributed by atoms with van der Waals surface area (Å²) in [4.78, 5) is 4.92.